The maximum absolute atomic E-state index is 4.26. The third kappa shape index (κ3) is 11.4. The Labute approximate surface area is 45.5 Å². The molecule has 0 fully saturated rings. The van der Waals surface area contributed by atoms with Crippen LogP contribution in [0.1, 0.15) is 0 Å². The van der Waals surface area contributed by atoms with Crippen LogP contribution in [0.5, 0.6) is 0 Å². The normalized spacial score (nSPS) is 4.50. The quantitative estimate of drug-likeness (QED) is 0.478. The summed E-state index contributed by atoms with van der Waals surface area (Å²) in [6, 6.07) is 0. The Balaban J connectivity index is 0. The number of hydrogen-bond donors (Lipinski definition) is 0. The zero-order valence-corrected chi connectivity index (χ0v) is 5.27. The summed E-state index contributed by atoms with van der Waals surface area (Å²) in [5.74, 6) is 0. The Morgan fingerprint density at radius 2 is 1.25 bits per heavy atom. The summed E-state index contributed by atoms with van der Waals surface area (Å²) in [6.45, 7) is 0. The van der Waals surface area contributed by atoms with Crippen LogP contribution in [0.25, 0.3) is 0 Å². The van der Waals surface area contributed by atoms with Crippen molar-refractivity contribution in [1.82, 2.24) is 0 Å². The van der Waals surface area contributed by atoms with Crippen LogP contribution < -0.4 is 0 Å². The van der Waals surface area contributed by atoms with Gasteiger partial charge >= 0.3 is 0 Å². The first-order valence-electron chi connectivity index (χ1n) is 0.309. The third-order valence-corrected chi connectivity index (χ3v) is 0. The fourth-order valence-corrected chi connectivity index (χ4v) is 0. The molecule has 0 aliphatic rings. The molecule has 0 N–H and O–H groups in total. The molecule has 0 aromatic rings. The molecule has 0 aliphatic carbocycles. The van der Waals surface area contributed by atoms with Crippen LogP contribution in [-0.4, -0.2) is 17.6 Å². The van der Waals surface area contributed by atoms with Crippen molar-refractivity contribution in [1.29, 1.82) is 0 Å². The van der Waals surface area contributed by atoms with Crippen molar-refractivity contribution in [3.8, 4) is 0 Å². The molecule has 0 heterocycles. The average molecular weight is 160 g/mol. The molecule has 4 radical (unpaired) electrons. The molecule has 0 spiro atoms. The molecule has 0 aliphatic heterocycles. The van der Waals surface area contributed by atoms with E-state index in [0.29, 0.717) is 0 Å². The van der Waals surface area contributed by atoms with Gasteiger partial charge < -0.3 is 0 Å². The minimum atomic E-state index is 0. The molecule has 0 aromatic carbocycles. The first kappa shape index (κ1) is 8.92. The number of halogens is 2. The monoisotopic (exact) mass is 160 g/mol. The van der Waals surface area contributed by atoms with E-state index in [1.807, 2.05) is 0 Å². The maximum Gasteiger partial charge on any atom is 0.0832 e. The van der Waals surface area contributed by atoms with Gasteiger partial charge in [0.2, 0.25) is 0 Å². The summed E-state index contributed by atoms with van der Waals surface area (Å²) < 4.78 is 3.19. The first-order chi connectivity index (χ1) is 1.41. The molecular weight excluding hydrogens is 160 g/mol. The van der Waals surface area contributed by atoms with Crippen LogP contribution in [0, 0.1) is 0 Å². The van der Waals surface area contributed by atoms with Gasteiger partial charge in [-0.05, 0) is 0 Å². The fourth-order valence-electron chi connectivity index (χ4n) is 0. The van der Waals surface area contributed by atoms with Crippen molar-refractivity contribution >= 4 is 41.3 Å². The molecule has 0 aromatic heterocycles. The van der Waals surface area contributed by atoms with Crippen LogP contribution in [0.2, 0.25) is 0 Å². The van der Waals surface area contributed by atoms with Crippen molar-refractivity contribution in [2.24, 2.45) is 0 Å². The zero-order chi connectivity index (χ0) is 2.71. The Morgan fingerprint density at radius 1 is 1.25 bits per heavy atom. The van der Waals surface area contributed by atoms with Crippen molar-refractivity contribution in [3.05, 3.63) is 0 Å². The molecular formula is Cl2GeO. The topological polar surface area (TPSA) is 9.23 Å². The zero-order valence-electron chi connectivity index (χ0n) is 1.66. The van der Waals surface area contributed by atoms with Gasteiger partial charge in [0.05, 0.1) is 23.7 Å². The second-order valence-corrected chi connectivity index (χ2v) is 0.525. The second kappa shape index (κ2) is 8.94. The summed E-state index contributed by atoms with van der Waals surface area (Å²) in [4.78, 5) is 0. The smallest absolute Gasteiger partial charge is 0.0832 e. The second-order valence-electron chi connectivity index (χ2n) is 0.0583. The van der Waals surface area contributed by atoms with Crippen LogP contribution in [0.4, 0.5) is 0 Å². The molecule has 0 unspecified atom stereocenters. The molecule has 4 heavy (non-hydrogen) atoms. The Hall–Kier alpha value is 1.08. The largest absolute Gasteiger partial charge is 0.166 e. The van der Waals surface area contributed by atoms with Crippen molar-refractivity contribution in [3.63, 3.8) is 0 Å². The van der Waals surface area contributed by atoms with Gasteiger partial charge in [-0.15, -0.1) is 0 Å². The van der Waals surface area contributed by atoms with Crippen molar-refractivity contribution in [2.75, 3.05) is 0 Å². The minimum absolute atomic E-state index is 0. The Kier molecular flexibility index (Phi) is 19.9. The SMILES string of the molecule is ClOCl.[Ge]. The van der Waals surface area contributed by atoms with E-state index >= 15 is 0 Å². The van der Waals surface area contributed by atoms with Gasteiger partial charge in [-0.3, -0.25) is 0 Å². The summed E-state index contributed by atoms with van der Waals surface area (Å²) in [6.07, 6.45) is 0. The maximum atomic E-state index is 4.26. The molecule has 0 saturated heterocycles. The van der Waals surface area contributed by atoms with E-state index in [4.69, 9.17) is 0 Å². The van der Waals surface area contributed by atoms with E-state index in [9.17, 15) is 0 Å². The van der Waals surface area contributed by atoms with Gasteiger partial charge in [-0.1, -0.05) is 0 Å². The summed E-state index contributed by atoms with van der Waals surface area (Å²) in [5, 5.41) is 0. The molecule has 24 valence electrons. The molecule has 0 amide bonds. The average Bonchev–Trinajstić information content (AvgIpc) is 0.918. The summed E-state index contributed by atoms with van der Waals surface area (Å²) in [5.41, 5.74) is 0. The molecule has 0 atom stereocenters. The van der Waals surface area contributed by atoms with Gasteiger partial charge in [-0.25, -0.2) is 0 Å². The fraction of sp³-hybridized carbons (Fsp3) is 0. The van der Waals surface area contributed by atoms with E-state index in [-0.39, 0.29) is 17.6 Å². The van der Waals surface area contributed by atoms with E-state index in [0.717, 1.165) is 0 Å². The van der Waals surface area contributed by atoms with E-state index in [1.165, 1.54) is 0 Å². The molecule has 1 nitrogen and oxygen atoms in total. The van der Waals surface area contributed by atoms with Crippen LogP contribution in [0.15, 0.2) is 0 Å². The molecule has 0 saturated carbocycles. The summed E-state index contributed by atoms with van der Waals surface area (Å²) >= 11 is 8.53. The predicted octanol–water partition coefficient (Wildman–Crippen LogP) is 0.930. The minimum Gasteiger partial charge on any atom is -0.166 e. The van der Waals surface area contributed by atoms with E-state index in [2.05, 4.69) is 27.6 Å². The third-order valence-electron chi connectivity index (χ3n) is 0. The standard InChI is InChI=1S/Cl2O.Ge/c1-3-2;. The van der Waals surface area contributed by atoms with Crippen LogP contribution in [0.3, 0.4) is 0 Å². The van der Waals surface area contributed by atoms with Crippen LogP contribution >= 0.6 is 23.7 Å². The van der Waals surface area contributed by atoms with Gasteiger partial charge in [-0.2, -0.15) is 3.84 Å². The Morgan fingerprint density at radius 3 is 1.25 bits per heavy atom. The summed E-state index contributed by atoms with van der Waals surface area (Å²) in [7, 11) is 0. The van der Waals surface area contributed by atoms with E-state index < -0.39 is 0 Å². The van der Waals surface area contributed by atoms with Crippen molar-refractivity contribution < 1.29 is 3.84 Å². The molecule has 0 rings (SSSR count). The van der Waals surface area contributed by atoms with Gasteiger partial charge in [0, 0.05) is 17.6 Å². The van der Waals surface area contributed by atoms with Crippen LogP contribution in [-0.2, 0) is 3.84 Å². The van der Waals surface area contributed by atoms with Gasteiger partial charge in [0.25, 0.3) is 0 Å². The molecule has 0 bridgehead atoms. The Bertz CT molecular complexity index is 6.00. The van der Waals surface area contributed by atoms with Crippen molar-refractivity contribution in [2.45, 2.75) is 0 Å². The predicted molar refractivity (Wildman–Crippen MR) is 18.5 cm³/mol. The van der Waals surface area contributed by atoms with E-state index in [1.54, 1.807) is 0 Å². The van der Waals surface area contributed by atoms with Gasteiger partial charge in [0.1, 0.15) is 0 Å². The number of hydrogen-bond acceptors (Lipinski definition) is 1. The number of rotatable bonds is 0. The first-order valence-corrected chi connectivity index (χ1v) is 0.926. The molecule has 4 heteroatoms. The van der Waals surface area contributed by atoms with Gasteiger partial charge in [0.15, 0.2) is 0 Å².